The zero-order valence-electron chi connectivity index (χ0n) is 13.7. The zero-order chi connectivity index (χ0) is 15.5. The minimum Gasteiger partial charge on any atom is -0.374 e. The highest BCUT2D eigenvalue weighted by Crippen LogP contribution is 2.30. The molecule has 6 heteroatoms. The molecule has 0 fully saturated rings. The maximum Gasteiger partial charge on any atom is 0.501 e. The van der Waals surface area contributed by atoms with Gasteiger partial charge in [-0.25, -0.2) is 0 Å². The molecule has 0 aromatic rings. The van der Waals surface area contributed by atoms with E-state index in [9.17, 15) is 0 Å². The van der Waals surface area contributed by atoms with Gasteiger partial charge in [0.2, 0.25) is 0 Å². The lowest BCUT2D eigenvalue weighted by Gasteiger charge is -2.39. The summed E-state index contributed by atoms with van der Waals surface area (Å²) in [6.07, 6.45) is 3.66. The van der Waals surface area contributed by atoms with Crippen LogP contribution in [0.4, 0.5) is 0 Å². The average Bonchev–Trinajstić information content (AvgIpc) is 2.43. The molecule has 0 spiro atoms. The van der Waals surface area contributed by atoms with Crippen LogP contribution in [-0.4, -0.2) is 40.7 Å². The van der Waals surface area contributed by atoms with E-state index in [0.29, 0.717) is 26.3 Å². The summed E-state index contributed by atoms with van der Waals surface area (Å²) in [5, 5.41) is 0. The summed E-state index contributed by atoms with van der Waals surface area (Å²) in [4.78, 5) is 0. The maximum absolute atomic E-state index is 6.44. The minimum absolute atomic E-state index is 0.232. The Balaban J connectivity index is 4.95. The minimum atomic E-state index is -2.64. The standard InChI is InChI=1S/C14H34N2O3Si/c1-5-14(4,10-8-11-15)19-20(17-6-2,18-7-3)13-9-12-16/h5-13,15-16H2,1-4H3. The molecule has 1 atom stereocenters. The third kappa shape index (κ3) is 7.15. The van der Waals surface area contributed by atoms with Crippen molar-refractivity contribution >= 4 is 8.80 Å². The van der Waals surface area contributed by atoms with E-state index in [-0.39, 0.29) is 5.60 Å². The Kier molecular flexibility index (Phi) is 10.7. The normalized spacial score (nSPS) is 15.3. The van der Waals surface area contributed by atoms with Gasteiger partial charge in [0.05, 0.1) is 5.60 Å². The van der Waals surface area contributed by atoms with Crippen LogP contribution in [-0.2, 0) is 13.3 Å². The fourth-order valence-electron chi connectivity index (χ4n) is 2.21. The summed E-state index contributed by atoms with van der Waals surface area (Å²) in [6, 6.07) is 0.781. The molecule has 5 nitrogen and oxygen atoms in total. The molecule has 0 bridgehead atoms. The van der Waals surface area contributed by atoms with Crippen LogP contribution in [0.2, 0.25) is 6.04 Å². The van der Waals surface area contributed by atoms with E-state index in [1.165, 1.54) is 0 Å². The molecule has 0 saturated heterocycles. The van der Waals surface area contributed by atoms with E-state index < -0.39 is 8.80 Å². The van der Waals surface area contributed by atoms with Crippen LogP contribution < -0.4 is 11.5 Å². The fourth-order valence-corrected chi connectivity index (χ4v) is 5.31. The molecule has 0 radical (unpaired) electrons. The number of nitrogens with two attached hydrogens (primary N) is 2. The second kappa shape index (κ2) is 10.7. The van der Waals surface area contributed by atoms with Crippen LogP contribution in [0.1, 0.15) is 53.4 Å². The van der Waals surface area contributed by atoms with E-state index in [0.717, 1.165) is 31.7 Å². The summed E-state index contributed by atoms with van der Waals surface area (Å²) in [5.41, 5.74) is 11.0. The molecule has 0 aromatic heterocycles. The highest BCUT2D eigenvalue weighted by Gasteiger charge is 2.45. The summed E-state index contributed by atoms with van der Waals surface area (Å²) >= 11 is 0. The Bertz CT molecular complexity index is 238. The first-order chi connectivity index (χ1) is 9.51. The van der Waals surface area contributed by atoms with Crippen molar-refractivity contribution in [2.75, 3.05) is 26.3 Å². The summed E-state index contributed by atoms with van der Waals surface area (Å²) < 4.78 is 18.4. The Morgan fingerprint density at radius 3 is 1.90 bits per heavy atom. The van der Waals surface area contributed by atoms with E-state index in [4.69, 9.17) is 24.7 Å². The van der Waals surface area contributed by atoms with Gasteiger partial charge in [-0.05, 0) is 59.5 Å². The smallest absolute Gasteiger partial charge is 0.374 e. The monoisotopic (exact) mass is 306 g/mol. The predicted molar refractivity (Wildman–Crippen MR) is 85.6 cm³/mol. The van der Waals surface area contributed by atoms with Crippen molar-refractivity contribution in [3.05, 3.63) is 0 Å². The summed E-state index contributed by atoms with van der Waals surface area (Å²) in [5.74, 6) is 0. The number of hydrogen-bond acceptors (Lipinski definition) is 5. The van der Waals surface area contributed by atoms with Gasteiger partial charge in [0.25, 0.3) is 0 Å². The van der Waals surface area contributed by atoms with Crippen molar-refractivity contribution < 1.29 is 13.3 Å². The largest absolute Gasteiger partial charge is 0.501 e. The van der Waals surface area contributed by atoms with Crippen LogP contribution in [0.3, 0.4) is 0 Å². The summed E-state index contributed by atoms with van der Waals surface area (Å²) in [7, 11) is -2.64. The van der Waals surface area contributed by atoms with Crippen molar-refractivity contribution in [2.24, 2.45) is 11.5 Å². The second-order valence-corrected chi connectivity index (χ2v) is 7.89. The molecule has 0 rings (SSSR count). The third-order valence-corrected chi connectivity index (χ3v) is 6.70. The van der Waals surface area contributed by atoms with Crippen LogP contribution in [0.5, 0.6) is 0 Å². The van der Waals surface area contributed by atoms with Gasteiger partial charge in [-0.15, -0.1) is 0 Å². The van der Waals surface area contributed by atoms with E-state index in [1.54, 1.807) is 0 Å². The van der Waals surface area contributed by atoms with E-state index in [2.05, 4.69) is 13.8 Å². The molecule has 20 heavy (non-hydrogen) atoms. The molecule has 0 aliphatic rings. The van der Waals surface area contributed by atoms with Gasteiger partial charge in [-0.3, -0.25) is 0 Å². The van der Waals surface area contributed by atoms with E-state index in [1.807, 2.05) is 13.8 Å². The van der Waals surface area contributed by atoms with Crippen molar-refractivity contribution in [1.82, 2.24) is 0 Å². The highest BCUT2D eigenvalue weighted by atomic mass is 28.4. The zero-order valence-corrected chi connectivity index (χ0v) is 14.7. The Hall–Kier alpha value is 0.0169. The molecule has 4 N–H and O–H groups in total. The summed E-state index contributed by atoms with van der Waals surface area (Å²) in [6.45, 7) is 10.7. The van der Waals surface area contributed by atoms with Gasteiger partial charge in [-0.2, -0.15) is 0 Å². The quantitative estimate of drug-likeness (QED) is 0.510. The Morgan fingerprint density at radius 1 is 0.950 bits per heavy atom. The molecule has 122 valence electrons. The molecule has 0 amide bonds. The molecule has 0 aliphatic heterocycles. The lowest BCUT2D eigenvalue weighted by Crippen LogP contribution is -2.52. The molecule has 0 heterocycles. The van der Waals surface area contributed by atoms with Gasteiger partial charge in [-0.1, -0.05) is 6.92 Å². The first-order valence-electron chi connectivity index (χ1n) is 7.89. The molecule has 0 saturated carbocycles. The SMILES string of the molecule is CCO[Si](CCCN)(OCC)OC(C)(CC)CCCN. The van der Waals surface area contributed by atoms with Crippen LogP contribution >= 0.6 is 0 Å². The van der Waals surface area contributed by atoms with Crippen molar-refractivity contribution in [2.45, 2.75) is 65.0 Å². The lowest BCUT2D eigenvalue weighted by atomic mass is 9.97. The first-order valence-corrected chi connectivity index (χ1v) is 9.82. The van der Waals surface area contributed by atoms with Crippen molar-refractivity contribution in [3.63, 3.8) is 0 Å². The van der Waals surface area contributed by atoms with Crippen LogP contribution in [0, 0.1) is 0 Å². The highest BCUT2D eigenvalue weighted by molar-refractivity contribution is 6.60. The first kappa shape index (κ1) is 20.0. The fraction of sp³-hybridized carbons (Fsp3) is 1.00. The number of rotatable bonds is 13. The van der Waals surface area contributed by atoms with Gasteiger partial charge in [0, 0.05) is 19.3 Å². The molecular formula is C14H34N2O3Si. The Labute approximate surface area is 125 Å². The van der Waals surface area contributed by atoms with Gasteiger partial charge >= 0.3 is 8.80 Å². The third-order valence-electron chi connectivity index (χ3n) is 3.48. The van der Waals surface area contributed by atoms with Crippen LogP contribution in [0.25, 0.3) is 0 Å². The second-order valence-electron chi connectivity index (χ2n) is 5.24. The molecule has 0 aromatic carbocycles. The topological polar surface area (TPSA) is 79.7 Å². The van der Waals surface area contributed by atoms with Gasteiger partial charge in [0.1, 0.15) is 0 Å². The molecule has 1 unspecified atom stereocenters. The van der Waals surface area contributed by atoms with Crippen molar-refractivity contribution in [1.29, 1.82) is 0 Å². The number of hydrogen-bond donors (Lipinski definition) is 2. The van der Waals surface area contributed by atoms with Crippen molar-refractivity contribution in [3.8, 4) is 0 Å². The van der Waals surface area contributed by atoms with Crippen LogP contribution in [0.15, 0.2) is 0 Å². The predicted octanol–water partition coefficient (Wildman–Crippen LogP) is 2.27. The van der Waals surface area contributed by atoms with Gasteiger partial charge in [0.15, 0.2) is 0 Å². The van der Waals surface area contributed by atoms with Gasteiger partial charge < -0.3 is 24.7 Å². The lowest BCUT2D eigenvalue weighted by molar-refractivity contribution is -0.0276. The average molecular weight is 307 g/mol. The Morgan fingerprint density at radius 2 is 1.50 bits per heavy atom. The molecular weight excluding hydrogens is 272 g/mol. The van der Waals surface area contributed by atoms with E-state index >= 15 is 0 Å². The maximum atomic E-state index is 6.44. The molecule has 0 aliphatic carbocycles.